The first-order valence-corrected chi connectivity index (χ1v) is 10.8. The first-order chi connectivity index (χ1) is 12.6. The minimum atomic E-state index is -0.224. The number of benzene rings is 1. The summed E-state index contributed by atoms with van der Waals surface area (Å²) in [7, 11) is 0. The number of anilines is 1. The third-order valence-corrected chi connectivity index (χ3v) is 6.32. The molecule has 0 saturated carbocycles. The van der Waals surface area contributed by atoms with E-state index in [0.717, 1.165) is 60.4 Å². The molecule has 0 atom stereocenters. The van der Waals surface area contributed by atoms with Crippen LogP contribution in [0.3, 0.4) is 0 Å². The number of carbonyl (C=O) groups excluding carboxylic acids is 1. The van der Waals surface area contributed by atoms with Gasteiger partial charge in [0.2, 0.25) is 5.91 Å². The minimum Gasteiger partial charge on any atom is -0.302 e. The maximum Gasteiger partial charge on any atom is 0.226 e. The lowest BCUT2D eigenvalue weighted by Gasteiger charge is -2.24. The Kier molecular flexibility index (Phi) is 7.05. The summed E-state index contributed by atoms with van der Waals surface area (Å²) < 4.78 is 12.9. The highest BCUT2D eigenvalue weighted by Gasteiger charge is 2.20. The summed E-state index contributed by atoms with van der Waals surface area (Å²) >= 11 is 3.24. The molecule has 2 heterocycles. The molecule has 1 aliphatic heterocycles. The fourth-order valence-corrected chi connectivity index (χ4v) is 4.86. The summed E-state index contributed by atoms with van der Waals surface area (Å²) in [4.78, 5) is 21.5. The number of aromatic nitrogens is 1. The van der Waals surface area contributed by atoms with Crippen LogP contribution in [-0.2, 0) is 17.8 Å². The molecule has 1 aromatic heterocycles. The van der Waals surface area contributed by atoms with Crippen LogP contribution in [0.4, 0.5) is 9.52 Å². The van der Waals surface area contributed by atoms with E-state index in [-0.39, 0.29) is 11.7 Å². The number of halogens is 1. The van der Waals surface area contributed by atoms with E-state index in [1.54, 1.807) is 35.2 Å². The maximum absolute atomic E-state index is 12.9. The van der Waals surface area contributed by atoms with Gasteiger partial charge >= 0.3 is 0 Å². The van der Waals surface area contributed by atoms with Crippen LogP contribution in [0.15, 0.2) is 29.2 Å². The third-order valence-electron chi connectivity index (χ3n) is 4.23. The Morgan fingerprint density at radius 2 is 2.19 bits per heavy atom. The fourth-order valence-electron chi connectivity index (χ4n) is 2.94. The van der Waals surface area contributed by atoms with Crippen LogP contribution in [-0.4, -0.2) is 34.6 Å². The van der Waals surface area contributed by atoms with Crippen molar-refractivity contribution in [2.45, 2.75) is 44.0 Å². The van der Waals surface area contributed by atoms with Crippen molar-refractivity contribution in [2.75, 3.05) is 24.2 Å². The molecular formula is C19H24FN3OS2. The molecule has 1 amide bonds. The molecule has 0 radical (unpaired) electrons. The smallest absolute Gasteiger partial charge is 0.226 e. The number of hydrogen-bond donors (Lipinski definition) is 1. The van der Waals surface area contributed by atoms with Crippen molar-refractivity contribution in [2.24, 2.45) is 0 Å². The number of carbonyl (C=O) groups is 1. The molecule has 140 valence electrons. The van der Waals surface area contributed by atoms with Crippen LogP contribution in [0.5, 0.6) is 0 Å². The number of nitrogens with one attached hydrogen (secondary N) is 1. The first-order valence-electron chi connectivity index (χ1n) is 9.03. The van der Waals surface area contributed by atoms with E-state index in [1.165, 1.54) is 17.0 Å². The predicted molar refractivity (Wildman–Crippen MR) is 106 cm³/mol. The van der Waals surface area contributed by atoms with Crippen LogP contribution >= 0.6 is 23.1 Å². The summed E-state index contributed by atoms with van der Waals surface area (Å²) in [6, 6.07) is 6.45. The summed E-state index contributed by atoms with van der Waals surface area (Å²) in [5.41, 5.74) is 1.14. The molecule has 2 aromatic rings. The number of amides is 1. The third kappa shape index (κ3) is 5.53. The van der Waals surface area contributed by atoms with Crippen LogP contribution in [0, 0.1) is 5.82 Å². The summed E-state index contributed by atoms with van der Waals surface area (Å²) in [6.45, 7) is 5.32. The van der Waals surface area contributed by atoms with Crippen LogP contribution in [0.25, 0.3) is 0 Å². The molecule has 0 saturated heterocycles. The highest BCUT2D eigenvalue weighted by Crippen LogP contribution is 2.28. The van der Waals surface area contributed by atoms with E-state index in [0.29, 0.717) is 6.42 Å². The van der Waals surface area contributed by atoms with E-state index in [2.05, 4.69) is 22.1 Å². The monoisotopic (exact) mass is 393 g/mol. The second-order valence-corrected chi connectivity index (χ2v) is 8.62. The molecule has 0 aliphatic carbocycles. The Bertz CT molecular complexity index is 733. The van der Waals surface area contributed by atoms with E-state index in [4.69, 9.17) is 0 Å². The topological polar surface area (TPSA) is 45.2 Å². The SMILES string of the molecule is CCCN1CCc2nc(NC(=O)CCCSc3ccc(F)cc3)sc2C1. The molecule has 7 heteroatoms. The van der Waals surface area contributed by atoms with Gasteiger partial charge in [0.1, 0.15) is 5.82 Å². The molecule has 26 heavy (non-hydrogen) atoms. The number of nitrogens with zero attached hydrogens (tertiary/aromatic N) is 2. The van der Waals surface area contributed by atoms with E-state index in [1.807, 2.05) is 0 Å². The molecule has 4 nitrogen and oxygen atoms in total. The lowest BCUT2D eigenvalue weighted by atomic mass is 10.2. The van der Waals surface area contributed by atoms with Gasteiger partial charge in [-0.05, 0) is 49.4 Å². The number of fused-ring (bicyclic) bond motifs is 1. The molecule has 0 unspecified atom stereocenters. The Morgan fingerprint density at radius 1 is 1.38 bits per heavy atom. The van der Waals surface area contributed by atoms with Gasteiger partial charge in [0.15, 0.2) is 5.13 Å². The lowest BCUT2D eigenvalue weighted by molar-refractivity contribution is -0.116. The molecular weight excluding hydrogens is 369 g/mol. The van der Waals surface area contributed by atoms with Gasteiger partial charge in [-0.25, -0.2) is 9.37 Å². The molecule has 0 spiro atoms. The summed E-state index contributed by atoms with van der Waals surface area (Å²) in [5, 5.41) is 3.67. The zero-order valence-corrected chi connectivity index (χ0v) is 16.6. The van der Waals surface area contributed by atoms with Gasteiger partial charge in [0.25, 0.3) is 0 Å². The van der Waals surface area contributed by atoms with Gasteiger partial charge < -0.3 is 5.32 Å². The zero-order chi connectivity index (χ0) is 18.4. The van der Waals surface area contributed by atoms with E-state index >= 15 is 0 Å². The molecule has 3 rings (SSSR count). The highest BCUT2D eigenvalue weighted by atomic mass is 32.2. The Labute approximate surface area is 162 Å². The molecule has 0 bridgehead atoms. The quantitative estimate of drug-likeness (QED) is 0.527. The van der Waals surface area contributed by atoms with Crippen molar-refractivity contribution in [1.82, 2.24) is 9.88 Å². The second kappa shape index (κ2) is 9.48. The Morgan fingerprint density at radius 3 is 2.96 bits per heavy atom. The second-order valence-electron chi connectivity index (χ2n) is 6.37. The molecule has 1 aromatic carbocycles. The van der Waals surface area contributed by atoms with Gasteiger partial charge in [-0.2, -0.15) is 0 Å². The number of hydrogen-bond acceptors (Lipinski definition) is 5. The average Bonchev–Trinajstić information content (AvgIpc) is 3.02. The fraction of sp³-hybridized carbons (Fsp3) is 0.474. The molecule has 1 N–H and O–H groups in total. The largest absolute Gasteiger partial charge is 0.302 e. The van der Waals surface area contributed by atoms with Crippen LogP contribution < -0.4 is 5.32 Å². The molecule has 0 fully saturated rings. The normalized spacial score (nSPS) is 14.2. The van der Waals surface area contributed by atoms with Crippen LogP contribution in [0.1, 0.15) is 36.8 Å². The number of thioether (sulfide) groups is 1. The van der Waals surface area contributed by atoms with Crippen LogP contribution in [0.2, 0.25) is 0 Å². The van der Waals surface area contributed by atoms with Crippen molar-refractivity contribution in [3.05, 3.63) is 40.7 Å². The van der Waals surface area contributed by atoms with E-state index in [9.17, 15) is 9.18 Å². The number of thiazole rings is 1. The lowest BCUT2D eigenvalue weighted by Crippen LogP contribution is -2.30. The van der Waals surface area contributed by atoms with Crippen molar-refractivity contribution >= 4 is 34.1 Å². The minimum absolute atomic E-state index is 0.0150. The van der Waals surface area contributed by atoms with Gasteiger partial charge in [0, 0.05) is 35.7 Å². The first kappa shape index (κ1) is 19.3. The van der Waals surface area contributed by atoms with Gasteiger partial charge in [-0.15, -0.1) is 23.1 Å². The van der Waals surface area contributed by atoms with E-state index < -0.39 is 0 Å². The average molecular weight is 394 g/mol. The highest BCUT2D eigenvalue weighted by molar-refractivity contribution is 7.99. The van der Waals surface area contributed by atoms with Gasteiger partial charge in [-0.3, -0.25) is 9.69 Å². The Hall–Kier alpha value is -1.44. The van der Waals surface area contributed by atoms with Crippen molar-refractivity contribution in [1.29, 1.82) is 0 Å². The van der Waals surface area contributed by atoms with Gasteiger partial charge in [0.05, 0.1) is 5.69 Å². The van der Waals surface area contributed by atoms with Gasteiger partial charge in [-0.1, -0.05) is 6.92 Å². The number of rotatable bonds is 8. The molecule has 1 aliphatic rings. The maximum atomic E-state index is 12.9. The summed E-state index contributed by atoms with van der Waals surface area (Å²) in [6.07, 6.45) is 3.38. The standard InChI is InChI=1S/C19H24FN3OS2/c1-2-10-23-11-9-16-17(13-23)26-19(21-16)22-18(24)4-3-12-25-15-7-5-14(20)6-8-15/h5-8H,2-4,9-13H2,1H3,(H,21,22,24). The summed E-state index contributed by atoms with van der Waals surface area (Å²) in [5.74, 6) is 0.623. The predicted octanol–water partition coefficient (Wildman–Crippen LogP) is 4.56. The Balaban J connectivity index is 1.40. The van der Waals surface area contributed by atoms with Crippen molar-refractivity contribution < 1.29 is 9.18 Å². The van der Waals surface area contributed by atoms with Crippen molar-refractivity contribution in [3.63, 3.8) is 0 Å². The zero-order valence-electron chi connectivity index (χ0n) is 15.0. The van der Waals surface area contributed by atoms with Crippen molar-refractivity contribution in [3.8, 4) is 0 Å².